The van der Waals surface area contributed by atoms with Crippen LogP contribution in [-0.2, 0) is 9.59 Å². The number of nitrogens with zero attached hydrogens (tertiary/aromatic N) is 2. The van der Waals surface area contributed by atoms with Gasteiger partial charge in [0.1, 0.15) is 6.33 Å². The van der Waals surface area contributed by atoms with Crippen LogP contribution in [0, 0.1) is 0 Å². The van der Waals surface area contributed by atoms with Crippen LogP contribution in [0.2, 0.25) is 0 Å². The molecule has 3 N–H and O–H groups in total. The van der Waals surface area contributed by atoms with Crippen LogP contribution in [0.25, 0.3) is 5.57 Å². The molecule has 152 valence electrons. The van der Waals surface area contributed by atoms with Crippen LogP contribution in [0.5, 0.6) is 0 Å². The number of H-pyrrole nitrogens is 1. The molecule has 27 heavy (non-hydrogen) atoms. The molecule has 0 radical (unpaired) electrons. The first-order valence-electron chi connectivity index (χ1n) is 10.2. The van der Waals surface area contributed by atoms with E-state index in [9.17, 15) is 9.59 Å². The number of allylic oxidation sites excluding steroid dienone is 1. The maximum atomic E-state index is 11.6. The fourth-order valence-electron chi connectivity index (χ4n) is 2.87. The molecule has 1 aromatic rings. The summed E-state index contributed by atoms with van der Waals surface area (Å²) in [6.07, 6.45) is 15.5. The summed E-state index contributed by atoms with van der Waals surface area (Å²) in [6, 6.07) is 0. The lowest BCUT2D eigenvalue weighted by atomic mass is 10.1. The summed E-state index contributed by atoms with van der Waals surface area (Å²) < 4.78 is 0. The number of carbonyl (C=O) groups is 2. The van der Waals surface area contributed by atoms with Crippen LogP contribution < -0.4 is 5.32 Å². The van der Waals surface area contributed by atoms with Crippen LogP contribution in [0.15, 0.2) is 12.4 Å². The number of hydrogen-bond donors (Lipinski definition) is 3. The quantitative estimate of drug-likeness (QED) is 0.375. The van der Waals surface area contributed by atoms with Crippen molar-refractivity contribution in [3.05, 3.63) is 18.2 Å². The van der Waals surface area contributed by atoms with Crippen molar-refractivity contribution in [2.24, 2.45) is 0 Å². The second kappa shape index (κ2) is 14.9. The zero-order valence-electron chi connectivity index (χ0n) is 16.5. The maximum absolute atomic E-state index is 11.6. The summed E-state index contributed by atoms with van der Waals surface area (Å²) in [6.45, 7) is 2.69. The largest absolute Gasteiger partial charge is 0.481 e. The number of carbonyl (C=O) groups excluding carboxylic acids is 1. The lowest BCUT2D eigenvalue weighted by molar-refractivity contribution is -0.138. The van der Waals surface area contributed by atoms with Gasteiger partial charge in [-0.05, 0) is 24.8 Å². The number of aromatic nitrogens is 3. The van der Waals surface area contributed by atoms with Crippen molar-refractivity contribution >= 4 is 17.4 Å². The van der Waals surface area contributed by atoms with Gasteiger partial charge in [-0.15, -0.1) is 0 Å². The first-order valence-corrected chi connectivity index (χ1v) is 10.2. The van der Waals surface area contributed by atoms with E-state index in [0.29, 0.717) is 18.8 Å². The number of unbranched alkanes of at least 4 members (excludes halogenated alkanes) is 8. The molecule has 0 spiro atoms. The Morgan fingerprint density at radius 2 is 1.78 bits per heavy atom. The average molecular weight is 379 g/mol. The molecule has 0 atom stereocenters. The normalized spacial score (nSPS) is 11.5. The van der Waals surface area contributed by atoms with Gasteiger partial charge < -0.3 is 10.4 Å². The van der Waals surface area contributed by atoms with Crippen LogP contribution in [-0.4, -0.2) is 38.7 Å². The smallest absolute Gasteiger partial charge is 0.303 e. The monoisotopic (exact) mass is 378 g/mol. The standard InChI is InChI=1S/C20H34N4O3/c1-2-3-4-5-6-7-8-9-10-11-17(20-22-16-23-24-20)14-15-21-18(25)12-13-19(26)27/h11,16H,2-10,12-15H2,1H3,(H,21,25)(H,26,27)(H,22,23,24). The molecule has 0 aromatic carbocycles. The molecule has 7 nitrogen and oxygen atoms in total. The van der Waals surface area contributed by atoms with Crippen molar-refractivity contribution in [3.8, 4) is 0 Å². The Morgan fingerprint density at radius 3 is 2.41 bits per heavy atom. The lowest BCUT2D eigenvalue weighted by Crippen LogP contribution is -2.25. The zero-order valence-corrected chi connectivity index (χ0v) is 16.5. The number of aromatic amines is 1. The number of nitrogens with one attached hydrogen (secondary N) is 2. The Balaban J connectivity index is 2.28. The van der Waals surface area contributed by atoms with Gasteiger partial charge in [0.2, 0.25) is 5.91 Å². The van der Waals surface area contributed by atoms with Gasteiger partial charge in [0, 0.05) is 13.0 Å². The van der Waals surface area contributed by atoms with Crippen molar-refractivity contribution in [2.45, 2.75) is 84.0 Å². The first kappa shape index (κ1) is 22.9. The van der Waals surface area contributed by atoms with E-state index in [4.69, 9.17) is 5.11 Å². The van der Waals surface area contributed by atoms with Crippen molar-refractivity contribution in [2.75, 3.05) is 6.54 Å². The second-order valence-electron chi connectivity index (χ2n) is 6.81. The minimum atomic E-state index is -0.961. The summed E-state index contributed by atoms with van der Waals surface area (Å²) in [5.74, 6) is -0.541. The van der Waals surface area contributed by atoms with Gasteiger partial charge in [-0.3, -0.25) is 14.7 Å². The minimum absolute atomic E-state index is 0.00723. The third-order valence-electron chi connectivity index (χ3n) is 4.43. The summed E-state index contributed by atoms with van der Waals surface area (Å²) >= 11 is 0. The molecule has 1 aromatic heterocycles. The van der Waals surface area contributed by atoms with E-state index in [0.717, 1.165) is 18.4 Å². The third-order valence-corrected chi connectivity index (χ3v) is 4.43. The van der Waals surface area contributed by atoms with E-state index in [-0.39, 0.29) is 18.7 Å². The molecule has 1 heterocycles. The number of carboxylic acid groups (broad SMARTS) is 1. The molecule has 0 fully saturated rings. The molecule has 0 unspecified atom stereocenters. The molecule has 0 aliphatic heterocycles. The highest BCUT2D eigenvalue weighted by molar-refractivity contribution is 5.80. The number of carboxylic acids is 1. The number of hydrogen-bond acceptors (Lipinski definition) is 4. The van der Waals surface area contributed by atoms with Crippen molar-refractivity contribution < 1.29 is 14.7 Å². The van der Waals surface area contributed by atoms with E-state index >= 15 is 0 Å². The molecule has 0 aliphatic carbocycles. The number of rotatable bonds is 16. The fraction of sp³-hybridized carbons (Fsp3) is 0.700. The Bertz CT molecular complexity index is 556. The first-order chi connectivity index (χ1) is 13.1. The predicted molar refractivity (Wildman–Crippen MR) is 106 cm³/mol. The second-order valence-corrected chi connectivity index (χ2v) is 6.81. The molecule has 1 rings (SSSR count). The van der Waals surface area contributed by atoms with Crippen molar-refractivity contribution in [3.63, 3.8) is 0 Å². The highest BCUT2D eigenvalue weighted by Crippen LogP contribution is 2.16. The van der Waals surface area contributed by atoms with Gasteiger partial charge in [0.05, 0.1) is 6.42 Å². The summed E-state index contributed by atoms with van der Waals surface area (Å²) in [5, 5.41) is 18.2. The lowest BCUT2D eigenvalue weighted by Gasteiger charge is -2.07. The molecular weight excluding hydrogens is 344 g/mol. The minimum Gasteiger partial charge on any atom is -0.481 e. The van der Waals surface area contributed by atoms with Gasteiger partial charge >= 0.3 is 5.97 Å². The predicted octanol–water partition coefficient (Wildman–Crippen LogP) is 4.09. The average Bonchev–Trinajstić information content (AvgIpc) is 3.18. The summed E-state index contributed by atoms with van der Waals surface area (Å²) in [4.78, 5) is 26.3. The topological polar surface area (TPSA) is 108 Å². The molecule has 0 saturated carbocycles. The van der Waals surface area contributed by atoms with E-state index in [2.05, 4.69) is 33.5 Å². The van der Waals surface area contributed by atoms with Gasteiger partial charge in [0.15, 0.2) is 5.82 Å². The molecule has 0 aliphatic rings. The van der Waals surface area contributed by atoms with Crippen LogP contribution in [0.1, 0.15) is 89.8 Å². The Hall–Kier alpha value is -2.18. The van der Waals surface area contributed by atoms with Crippen LogP contribution in [0.4, 0.5) is 0 Å². The van der Waals surface area contributed by atoms with Gasteiger partial charge in [-0.1, -0.05) is 57.9 Å². The zero-order chi connectivity index (χ0) is 19.7. The Morgan fingerprint density at radius 1 is 1.07 bits per heavy atom. The van der Waals surface area contributed by atoms with Crippen molar-refractivity contribution in [1.29, 1.82) is 0 Å². The van der Waals surface area contributed by atoms with Gasteiger partial charge in [-0.25, -0.2) is 4.98 Å². The van der Waals surface area contributed by atoms with E-state index in [1.807, 2.05) is 0 Å². The molecule has 1 amide bonds. The Labute approximate surface area is 162 Å². The van der Waals surface area contributed by atoms with Crippen LogP contribution in [0.3, 0.4) is 0 Å². The van der Waals surface area contributed by atoms with E-state index in [1.54, 1.807) is 6.33 Å². The third kappa shape index (κ3) is 11.9. The SMILES string of the molecule is CCCCCCCCCCC=C(CCNC(=O)CCC(=O)O)c1nc[nH]n1. The van der Waals surface area contributed by atoms with Gasteiger partial charge in [0.25, 0.3) is 0 Å². The number of amides is 1. The molecule has 0 bridgehead atoms. The fourth-order valence-corrected chi connectivity index (χ4v) is 2.87. The van der Waals surface area contributed by atoms with Gasteiger partial charge in [-0.2, -0.15) is 5.10 Å². The van der Waals surface area contributed by atoms with E-state index in [1.165, 1.54) is 44.9 Å². The molecular formula is C20H34N4O3. The van der Waals surface area contributed by atoms with Crippen molar-refractivity contribution in [1.82, 2.24) is 20.5 Å². The Kier molecular flexibility index (Phi) is 12.6. The maximum Gasteiger partial charge on any atom is 0.303 e. The van der Waals surface area contributed by atoms with E-state index < -0.39 is 5.97 Å². The number of aliphatic carboxylic acids is 1. The molecule has 7 heteroatoms. The molecule has 0 saturated heterocycles. The van der Waals surface area contributed by atoms with Crippen LogP contribution >= 0.6 is 0 Å². The highest BCUT2D eigenvalue weighted by atomic mass is 16.4. The summed E-state index contributed by atoms with van der Waals surface area (Å²) in [7, 11) is 0. The highest BCUT2D eigenvalue weighted by Gasteiger charge is 2.08. The summed E-state index contributed by atoms with van der Waals surface area (Å²) in [5.41, 5.74) is 1.01.